The molecule has 1 aliphatic rings. The van der Waals surface area contributed by atoms with E-state index >= 15 is 0 Å². The highest BCUT2D eigenvalue weighted by atomic mass is 16.5. The van der Waals surface area contributed by atoms with E-state index in [0.717, 1.165) is 22.7 Å². The van der Waals surface area contributed by atoms with Crippen molar-refractivity contribution in [3.05, 3.63) is 41.7 Å². The highest BCUT2D eigenvalue weighted by Gasteiger charge is 2.11. The Morgan fingerprint density at radius 3 is 3.06 bits per heavy atom. The zero-order valence-corrected chi connectivity index (χ0v) is 9.73. The molecule has 1 aromatic rings. The second-order valence-electron chi connectivity index (χ2n) is 3.66. The smallest absolute Gasteiger partial charge is 0.142 e. The molecule has 0 aromatic heterocycles. The number of rotatable bonds is 4. The third kappa shape index (κ3) is 2.60. The van der Waals surface area contributed by atoms with E-state index in [0.29, 0.717) is 6.54 Å². The summed E-state index contributed by atoms with van der Waals surface area (Å²) < 4.78 is 5.30. The van der Waals surface area contributed by atoms with Gasteiger partial charge in [-0.05, 0) is 12.1 Å². The summed E-state index contributed by atoms with van der Waals surface area (Å²) in [5.74, 6) is 0.819. The van der Waals surface area contributed by atoms with Crippen LogP contribution in [-0.4, -0.2) is 25.4 Å². The fourth-order valence-corrected chi connectivity index (χ4v) is 1.69. The number of aliphatic hydroxyl groups is 1. The minimum Gasteiger partial charge on any atom is -0.495 e. The first-order valence-corrected chi connectivity index (χ1v) is 5.51. The standard InChI is InChI=1S/C13H16N2O2/c1-17-12-4-2-3-10-5-6-11(15-13(10)12)9-14-7-8-16/h2-6,9,14-16H,7-8H2,1H3. The molecule has 17 heavy (non-hydrogen) atoms. The molecular weight excluding hydrogens is 216 g/mol. The van der Waals surface area contributed by atoms with E-state index in [1.807, 2.05) is 36.6 Å². The van der Waals surface area contributed by atoms with Crippen molar-refractivity contribution in [1.29, 1.82) is 0 Å². The molecule has 1 heterocycles. The van der Waals surface area contributed by atoms with Crippen LogP contribution in [-0.2, 0) is 0 Å². The van der Waals surface area contributed by atoms with Gasteiger partial charge in [0.2, 0.25) is 0 Å². The molecule has 1 aromatic carbocycles. The number of methoxy groups -OCH3 is 1. The van der Waals surface area contributed by atoms with E-state index in [9.17, 15) is 0 Å². The average molecular weight is 232 g/mol. The minimum absolute atomic E-state index is 0.118. The van der Waals surface area contributed by atoms with Gasteiger partial charge in [-0.3, -0.25) is 0 Å². The van der Waals surface area contributed by atoms with Gasteiger partial charge in [-0.2, -0.15) is 0 Å². The maximum Gasteiger partial charge on any atom is 0.142 e. The molecule has 3 N–H and O–H groups in total. The van der Waals surface area contributed by atoms with Crippen LogP contribution in [0.2, 0.25) is 0 Å². The third-order valence-corrected chi connectivity index (χ3v) is 2.50. The van der Waals surface area contributed by atoms with Crippen molar-refractivity contribution in [1.82, 2.24) is 5.32 Å². The van der Waals surface area contributed by atoms with Gasteiger partial charge in [0.15, 0.2) is 0 Å². The van der Waals surface area contributed by atoms with Crippen LogP contribution in [0.25, 0.3) is 6.08 Å². The Labute approximate surface area is 101 Å². The van der Waals surface area contributed by atoms with E-state index in [4.69, 9.17) is 9.84 Å². The van der Waals surface area contributed by atoms with E-state index < -0.39 is 0 Å². The molecule has 0 spiro atoms. The van der Waals surface area contributed by atoms with Crippen LogP contribution in [0, 0.1) is 0 Å². The lowest BCUT2D eigenvalue weighted by Gasteiger charge is -2.18. The minimum atomic E-state index is 0.118. The first-order chi connectivity index (χ1) is 8.35. The number of benzene rings is 1. The highest BCUT2D eigenvalue weighted by molar-refractivity contribution is 5.79. The predicted octanol–water partition coefficient (Wildman–Crippen LogP) is 1.56. The number of para-hydroxylation sites is 1. The molecule has 0 radical (unpaired) electrons. The van der Waals surface area contributed by atoms with Crippen LogP contribution < -0.4 is 15.4 Å². The van der Waals surface area contributed by atoms with E-state index in [1.54, 1.807) is 7.11 Å². The number of fused-ring (bicyclic) bond motifs is 1. The Bertz CT molecular complexity index is 453. The van der Waals surface area contributed by atoms with Gasteiger partial charge in [0.1, 0.15) is 5.75 Å². The van der Waals surface area contributed by atoms with Gasteiger partial charge in [-0.15, -0.1) is 0 Å². The molecule has 2 rings (SSSR count). The van der Waals surface area contributed by atoms with Crippen molar-refractivity contribution >= 4 is 11.8 Å². The monoisotopic (exact) mass is 232 g/mol. The van der Waals surface area contributed by atoms with Gasteiger partial charge in [-0.1, -0.05) is 18.2 Å². The van der Waals surface area contributed by atoms with Crippen molar-refractivity contribution in [3.8, 4) is 5.75 Å². The molecular formula is C13H16N2O2. The Kier molecular flexibility index (Phi) is 3.67. The maximum absolute atomic E-state index is 8.69. The van der Waals surface area contributed by atoms with Gasteiger partial charge in [-0.25, -0.2) is 0 Å². The van der Waals surface area contributed by atoms with E-state index in [-0.39, 0.29) is 6.61 Å². The number of ether oxygens (including phenoxy) is 1. The van der Waals surface area contributed by atoms with Crippen molar-refractivity contribution in [3.63, 3.8) is 0 Å². The van der Waals surface area contributed by atoms with Crippen LogP contribution in [0.3, 0.4) is 0 Å². The zero-order chi connectivity index (χ0) is 12.1. The van der Waals surface area contributed by atoms with Crippen molar-refractivity contribution in [2.45, 2.75) is 0 Å². The highest BCUT2D eigenvalue weighted by Crippen LogP contribution is 2.33. The topological polar surface area (TPSA) is 53.5 Å². The molecule has 0 saturated heterocycles. The summed E-state index contributed by atoms with van der Waals surface area (Å²) in [6.07, 6.45) is 5.84. The summed E-state index contributed by atoms with van der Waals surface area (Å²) in [7, 11) is 1.66. The predicted molar refractivity (Wildman–Crippen MR) is 68.8 cm³/mol. The lowest BCUT2D eigenvalue weighted by Crippen LogP contribution is -2.14. The normalized spacial score (nSPS) is 15.3. The summed E-state index contributed by atoms with van der Waals surface area (Å²) in [4.78, 5) is 0. The van der Waals surface area contributed by atoms with Crippen LogP contribution in [0.15, 0.2) is 36.2 Å². The SMILES string of the molecule is COc1cccc2c1NC(=CNCCO)C=C2. The third-order valence-electron chi connectivity index (χ3n) is 2.50. The van der Waals surface area contributed by atoms with Gasteiger partial charge >= 0.3 is 0 Å². The number of aliphatic hydroxyl groups excluding tert-OH is 1. The Morgan fingerprint density at radius 2 is 2.29 bits per heavy atom. The summed E-state index contributed by atoms with van der Waals surface area (Å²) in [5.41, 5.74) is 3.01. The molecule has 0 aliphatic carbocycles. The fraction of sp³-hybridized carbons (Fsp3) is 0.231. The molecule has 0 bridgehead atoms. The van der Waals surface area contributed by atoms with Gasteiger partial charge in [0.25, 0.3) is 0 Å². The number of hydrogen-bond acceptors (Lipinski definition) is 4. The fourth-order valence-electron chi connectivity index (χ4n) is 1.69. The van der Waals surface area contributed by atoms with Crippen molar-refractivity contribution < 1.29 is 9.84 Å². The Hall–Kier alpha value is -1.94. The van der Waals surface area contributed by atoms with E-state index in [2.05, 4.69) is 10.6 Å². The van der Waals surface area contributed by atoms with Gasteiger partial charge in [0.05, 0.1) is 25.1 Å². The Balaban J connectivity index is 2.20. The van der Waals surface area contributed by atoms with Crippen LogP contribution in [0.5, 0.6) is 5.75 Å². The van der Waals surface area contributed by atoms with Gasteiger partial charge < -0.3 is 20.5 Å². The molecule has 4 nitrogen and oxygen atoms in total. The second-order valence-corrected chi connectivity index (χ2v) is 3.66. The summed E-state index contributed by atoms with van der Waals surface area (Å²) in [6, 6.07) is 5.91. The quantitative estimate of drug-likeness (QED) is 0.690. The molecule has 0 unspecified atom stereocenters. The number of allylic oxidation sites excluding steroid dienone is 1. The first-order valence-electron chi connectivity index (χ1n) is 5.51. The molecule has 0 amide bonds. The summed E-state index contributed by atoms with van der Waals surface area (Å²) >= 11 is 0. The Morgan fingerprint density at radius 1 is 1.41 bits per heavy atom. The first kappa shape index (κ1) is 11.5. The average Bonchev–Trinajstić information content (AvgIpc) is 2.38. The summed E-state index contributed by atoms with van der Waals surface area (Å²) in [6.45, 7) is 0.658. The maximum atomic E-state index is 8.69. The van der Waals surface area contributed by atoms with Crippen LogP contribution in [0.4, 0.5) is 5.69 Å². The van der Waals surface area contributed by atoms with Crippen LogP contribution >= 0.6 is 0 Å². The van der Waals surface area contributed by atoms with E-state index in [1.165, 1.54) is 0 Å². The van der Waals surface area contributed by atoms with Crippen molar-refractivity contribution in [2.24, 2.45) is 0 Å². The zero-order valence-electron chi connectivity index (χ0n) is 9.73. The molecule has 90 valence electrons. The molecule has 1 aliphatic heterocycles. The lowest BCUT2D eigenvalue weighted by atomic mass is 10.1. The van der Waals surface area contributed by atoms with Crippen LogP contribution in [0.1, 0.15) is 5.56 Å². The van der Waals surface area contributed by atoms with Crippen molar-refractivity contribution in [2.75, 3.05) is 25.6 Å². The lowest BCUT2D eigenvalue weighted by molar-refractivity contribution is 0.298. The van der Waals surface area contributed by atoms with Gasteiger partial charge in [0, 0.05) is 18.3 Å². The molecule has 4 heteroatoms. The summed E-state index contributed by atoms with van der Waals surface area (Å²) in [5, 5.41) is 15.0. The second kappa shape index (κ2) is 5.41. The number of hydrogen-bond donors (Lipinski definition) is 3. The molecule has 0 atom stereocenters. The molecule has 0 fully saturated rings. The largest absolute Gasteiger partial charge is 0.495 e. The number of nitrogens with one attached hydrogen (secondary N) is 2. The number of anilines is 1. The molecule has 0 saturated carbocycles.